The molecule has 0 radical (unpaired) electrons. The molecule has 0 aromatic heterocycles. The maximum Gasteiger partial charge on any atom is 0.292 e. The highest BCUT2D eigenvalue weighted by Crippen LogP contribution is 2.25. The third kappa shape index (κ3) is 4.20. The fourth-order valence-electron chi connectivity index (χ4n) is 1.86. The average Bonchev–Trinajstić information content (AvgIpc) is 2.45. The third-order valence-corrected chi connectivity index (χ3v) is 3.03. The van der Waals surface area contributed by atoms with Gasteiger partial charge in [-0.1, -0.05) is 13.0 Å². The second-order valence-corrected chi connectivity index (χ2v) is 4.34. The molecule has 7 heteroatoms. The number of anilines is 1. The van der Waals surface area contributed by atoms with Gasteiger partial charge in [-0.25, -0.2) is 0 Å². The maximum absolute atomic E-state index is 11.4. The Kier molecular flexibility index (Phi) is 5.92. The zero-order valence-electron chi connectivity index (χ0n) is 12.0. The van der Waals surface area contributed by atoms with E-state index in [1.54, 1.807) is 26.2 Å². The highest BCUT2D eigenvalue weighted by Gasteiger charge is 2.14. The van der Waals surface area contributed by atoms with Crippen LogP contribution in [0.3, 0.4) is 0 Å². The van der Waals surface area contributed by atoms with Crippen molar-refractivity contribution in [1.29, 1.82) is 0 Å². The van der Waals surface area contributed by atoms with Gasteiger partial charge in [-0.05, 0) is 18.2 Å². The summed E-state index contributed by atoms with van der Waals surface area (Å²) in [6.45, 7) is 3.56. The molecule has 0 aliphatic carbocycles. The summed E-state index contributed by atoms with van der Waals surface area (Å²) in [7, 11) is 3.25. The first-order chi connectivity index (χ1) is 9.51. The van der Waals surface area contributed by atoms with E-state index in [2.05, 4.69) is 10.6 Å². The molecule has 20 heavy (non-hydrogen) atoms. The van der Waals surface area contributed by atoms with E-state index in [9.17, 15) is 14.9 Å². The molecule has 0 saturated carbocycles. The zero-order valence-corrected chi connectivity index (χ0v) is 12.0. The summed E-state index contributed by atoms with van der Waals surface area (Å²) in [6, 6.07) is 4.94. The predicted molar refractivity (Wildman–Crippen MR) is 77.7 cm³/mol. The van der Waals surface area contributed by atoms with E-state index in [0.29, 0.717) is 18.8 Å². The Morgan fingerprint density at radius 2 is 2.10 bits per heavy atom. The molecule has 1 amide bonds. The first kappa shape index (κ1) is 15.9. The van der Waals surface area contributed by atoms with Crippen LogP contribution in [0.4, 0.5) is 11.4 Å². The van der Waals surface area contributed by atoms with Gasteiger partial charge < -0.3 is 10.6 Å². The largest absolute Gasteiger partial charge is 0.383 e. The molecule has 1 aromatic carbocycles. The van der Waals surface area contributed by atoms with Crippen LogP contribution in [-0.2, 0) is 11.3 Å². The van der Waals surface area contributed by atoms with Crippen molar-refractivity contribution in [3.8, 4) is 0 Å². The maximum atomic E-state index is 11.4. The second-order valence-electron chi connectivity index (χ2n) is 4.34. The quantitative estimate of drug-likeness (QED) is 0.579. The van der Waals surface area contributed by atoms with Crippen LogP contribution in [-0.4, -0.2) is 42.9 Å². The lowest BCUT2D eigenvalue weighted by atomic mass is 10.1. The van der Waals surface area contributed by atoms with E-state index in [0.717, 1.165) is 12.1 Å². The molecule has 0 fully saturated rings. The lowest BCUT2D eigenvalue weighted by molar-refractivity contribution is -0.384. The molecular formula is C13H20N4O3. The van der Waals surface area contributed by atoms with Gasteiger partial charge >= 0.3 is 0 Å². The van der Waals surface area contributed by atoms with Crippen molar-refractivity contribution in [2.24, 2.45) is 0 Å². The number of carbonyl (C=O) groups excluding carboxylic acids is 1. The van der Waals surface area contributed by atoms with Gasteiger partial charge in [-0.3, -0.25) is 19.8 Å². The van der Waals surface area contributed by atoms with E-state index < -0.39 is 4.92 Å². The average molecular weight is 280 g/mol. The molecule has 0 bridgehead atoms. The van der Waals surface area contributed by atoms with Crippen LogP contribution in [0.2, 0.25) is 0 Å². The number of benzene rings is 1. The molecule has 1 rings (SSSR count). The molecule has 0 saturated heterocycles. The summed E-state index contributed by atoms with van der Waals surface area (Å²) < 4.78 is 0. The number of nitrogens with one attached hydrogen (secondary N) is 2. The molecule has 0 unspecified atom stereocenters. The number of hydrogen-bond donors (Lipinski definition) is 2. The predicted octanol–water partition coefficient (Wildman–Crippen LogP) is 1.20. The van der Waals surface area contributed by atoms with Gasteiger partial charge in [-0.2, -0.15) is 0 Å². The monoisotopic (exact) mass is 280 g/mol. The van der Waals surface area contributed by atoms with Crippen LogP contribution >= 0.6 is 0 Å². The van der Waals surface area contributed by atoms with Crippen molar-refractivity contribution in [2.45, 2.75) is 13.5 Å². The van der Waals surface area contributed by atoms with Crippen molar-refractivity contribution >= 4 is 17.3 Å². The molecule has 0 atom stereocenters. The van der Waals surface area contributed by atoms with Crippen molar-refractivity contribution in [2.75, 3.05) is 32.5 Å². The first-order valence-electron chi connectivity index (χ1n) is 6.39. The Labute approximate surface area is 118 Å². The molecule has 0 heterocycles. The van der Waals surface area contributed by atoms with Gasteiger partial charge in [-0.15, -0.1) is 0 Å². The normalized spacial score (nSPS) is 10.4. The van der Waals surface area contributed by atoms with Gasteiger partial charge in [0.05, 0.1) is 11.5 Å². The molecule has 2 N–H and O–H groups in total. The smallest absolute Gasteiger partial charge is 0.292 e. The Balaban J connectivity index is 2.86. The van der Waals surface area contributed by atoms with Crippen molar-refractivity contribution in [1.82, 2.24) is 10.2 Å². The Hall–Kier alpha value is -2.15. The number of rotatable bonds is 7. The number of likely N-dealkylation sites (N-methyl/N-ethyl adjacent to an activating group) is 2. The van der Waals surface area contributed by atoms with Crippen LogP contribution in [0.15, 0.2) is 18.2 Å². The van der Waals surface area contributed by atoms with Crippen LogP contribution in [0.25, 0.3) is 0 Å². The number of amides is 1. The van der Waals surface area contributed by atoms with E-state index in [1.807, 2.05) is 11.8 Å². The topological polar surface area (TPSA) is 87.5 Å². The summed E-state index contributed by atoms with van der Waals surface area (Å²) >= 11 is 0. The molecule has 7 nitrogen and oxygen atoms in total. The lowest BCUT2D eigenvalue weighted by Crippen LogP contribution is -2.35. The van der Waals surface area contributed by atoms with Crippen LogP contribution < -0.4 is 10.6 Å². The highest BCUT2D eigenvalue weighted by molar-refractivity contribution is 5.77. The van der Waals surface area contributed by atoms with E-state index in [1.165, 1.54) is 6.07 Å². The lowest BCUT2D eigenvalue weighted by Gasteiger charge is -2.19. The Bertz CT molecular complexity index is 491. The summed E-state index contributed by atoms with van der Waals surface area (Å²) in [4.78, 5) is 23.8. The van der Waals surface area contributed by atoms with Gasteiger partial charge in [0.1, 0.15) is 5.69 Å². The number of nitrogens with zero attached hydrogens (tertiary/aromatic N) is 2. The van der Waals surface area contributed by atoms with Crippen LogP contribution in [0.1, 0.15) is 12.5 Å². The molecule has 0 aliphatic rings. The van der Waals surface area contributed by atoms with Gasteiger partial charge in [0.2, 0.25) is 5.91 Å². The van der Waals surface area contributed by atoms with Gasteiger partial charge in [0.15, 0.2) is 0 Å². The molecular weight excluding hydrogens is 260 g/mol. The summed E-state index contributed by atoms with van der Waals surface area (Å²) in [5.41, 5.74) is 1.44. The van der Waals surface area contributed by atoms with E-state index in [-0.39, 0.29) is 11.6 Å². The SMILES string of the molecule is CCN(CC(=O)NC)Cc1ccc([N+](=O)[O-])c(NC)c1. The van der Waals surface area contributed by atoms with Crippen molar-refractivity contribution in [3.63, 3.8) is 0 Å². The molecule has 0 aliphatic heterocycles. The fourth-order valence-corrected chi connectivity index (χ4v) is 1.86. The minimum atomic E-state index is -0.419. The number of nitro groups is 1. The summed E-state index contributed by atoms with van der Waals surface area (Å²) in [5, 5.41) is 16.3. The van der Waals surface area contributed by atoms with Crippen LogP contribution in [0.5, 0.6) is 0 Å². The van der Waals surface area contributed by atoms with Crippen LogP contribution in [0, 0.1) is 10.1 Å². The first-order valence-corrected chi connectivity index (χ1v) is 6.39. The highest BCUT2D eigenvalue weighted by atomic mass is 16.6. The molecule has 110 valence electrons. The van der Waals surface area contributed by atoms with E-state index >= 15 is 0 Å². The Morgan fingerprint density at radius 1 is 1.40 bits per heavy atom. The van der Waals surface area contributed by atoms with Crippen molar-refractivity contribution in [3.05, 3.63) is 33.9 Å². The standard InChI is InChI=1S/C13H20N4O3/c1-4-16(9-13(18)15-3)8-10-5-6-12(17(19)20)11(7-10)14-2/h5-7,14H,4,8-9H2,1-3H3,(H,15,18). The number of carbonyl (C=O) groups is 1. The second kappa shape index (κ2) is 7.44. The van der Waals surface area contributed by atoms with Gasteiger partial charge in [0.25, 0.3) is 5.69 Å². The third-order valence-electron chi connectivity index (χ3n) is 3.03. The molecule has 0 spiro atoms. The minimum Gasteiger partial charge on any atom is -0.383 e. The zero-order chi connectivity index (χ0) is 15.1. The minimum absolute atomic E-state index is 0.0469. The summed E-state index contributed by atoms with van der Waals surface area (Å²) in [6.07, 6.45) is 0. The molecule has 1 aromatic rings. The summed E-state index contributed by atoms with van der Waals surface area (Å²) in [5.74, 6) is -0.0531. The number of hydrogen-bond acceptors (Lipinski definition) is 5. The fraction of sp³-hybridized carbons (Fsp3) is 0.462. The van der Waals surface area contributed by atoms with Crippen molar-refractivity contribution < 1.29 is 9.72 Å². The van der Waals surface area contributed by atoms with Gasteiger partial charge in [0, 0.05) is 26.7 Å². The number of nitro benzene ring substituents is 1. The Morgan fingerprint density at radius 3 is 2.60 bits per heavy atom. The van der Waals surface area contributed by atoms with E-state index in [4.69, 9.17) is 0 Å².